The number of nitrogens with zero attached hydrogens (tertiary/aromatic N) is 4. The van der Waals surface area contributed by atoms with Crippen LogP contribution < -0.4 is 16.0 Å². The molecule has 0 aliphatic heterocycles. The van der Waals surface area contributed by atoms with Gasteiger partial charge in [0.2, 0.25) is 5.95 Å². The highest BCUT2D eigenvalue weighted by Gasteiger charge is 2.22. The quantitative estimate of drug-likeness (QED) is 0.236. The molecule has 196 valence electrons. The first-order valence-electron chi connectivity index (χ1n) is 13.2. The van der Waals surface area contributed by atoms with Gasteiger partial charge in [-0.25, -0.2) is 4.98 Å². The molecule has 0 unspecified atom stereocenters. The molecule has 5 rings (SSSR count). The Bertz CT molecular complexity index is 1260. The van der Waals surface area contributed by atoms with Crippen LogP contribution in [0.25, 0.3) is 22.3 Å². The summed E-state index contributed by atoms with van der Waals surface area (Å²) in [7, 11) is 0. The molecule has 8 heteroatoms. The number of hydrogen-bond acceptors (Lipinski definition) is 6. The SMILES string of the molecule is CCNC1CCC(Nc2nc(NCc3ccc(-c4ccccc4)cc3)c3ncn(C(C)C)c3n2)CC1.Cl. The lowest BCUT2D eigenvalue weighted by Gasteiger charge is -2.29. The Morgan fingerprint density at radius 2 is 1.57 bits per heavy atom. The zero-order valence-corrected chi connectivity index (χ0v) is 22.8. The molecule has 0 bridgehead atoms. The molecule has 37 heavy (non-hydrogen) atoms. The van der Waals surface area contributed by atoms with E-state index >= 15 is 0 Å². The molecule has 1 aliphatic carbocycles. The first-order chi connectivity index (χ1) is 17.6. The van der Waals surface area contributed by atoms with E-state index in [1.807, 2.05) is 12.4 Å². The molecular formula is C29H38ClN7. The summed E-state index contributed by atoms with van der Waals surface area (Å²) in [6.45, 7) is 8.19. The summed E-state index contributed by atoms with van der Waals surface area (Å²) < 4.78 is 2.12. The van der Waals surface area contributed by atoms with Gasteiger partial charge in [-0.1, -0.05) is 61.5 Å². The number of nitrogens with one attached hydrogen (secondary N) is 3. The molecule has 7 nitrogen and oxygen atoms in total. The number of fused-ring (bicyclic) bond motifs is 1. The van der Waals surface area contributed by atoms with E-state index in [9.17, 15) is 0 Å². The second-order valence-corrected chi connectivity index (χ2v) is 9.98. The molecule has 2 aromatic carbocycles. The summed E-state index contributed by atoms with van der Waals surface area (Å²) in [5.41, 5.74) is 5.32. The average Bonchev–Trinajstić information content (AvgIpc) is 3.34. The number of anilines is 2. The molecule has 1 fully saturated rings. The van der Waals surface area contributed by atoms with E-state index in [1.54, 1.807) is 0 Å². The predicted molar refractivity (Wildman–Crippen MR) is 156 cm³/mol. The number of imidazole rings is 1. The highest BCUT2D eigenvalue weighted by molar-refractivity contribution is 5.85. The van der Waals surface area contributed by atoms with Crippen LogP contribution in [-0.4, -0.2) is 38.1 Å². The minimum absolute atomic E-state index is 0. The van der Waals surface area contributed by atoms with Gasteiger partial charge >= 0.3 is 0 Å². The van der Waals surface area contributed by atoms with Crippen molar-refractivity contribution in [2.75, 3.05) is 17.2 Å². The summed E-state index contributed by atoms with van der Waals surface area (Å²) in [5.74, 6) is 1.45. The molecule has 2 aromatic heterocycles. The third-order valence-corrected chi connectivity index (χ3v) is 7.05. The van der Waals surface area contributed by atoms with Crippen molar-refractivity contribution in [1.29, 1.82) is 0 Å². The number of halogens is 1. The van der Waals surface area contributed by atoms with Crippen LogP contribution in [-0.2, 0) is 6.54 Å². The number of hydrogen-bond donors (Lipinski definition) is 3. The first-order valence-corrected chi connectivity index (χ1v) is 13.2. The summed E-state index contributed by atoms with van der Waals surface area (Å²) in [4.78, 5) is 14.4. The molecule has 0 saturated heterocycles. The fraction of sp³-hybridized carbons (Fsp3) is 0.414. The molecule has 0 radical (unpaired) electrons. The van der Waals surface area contributed by atoms with E-state index in [1.165, 1.54) is 29.5 Å². The van der Waals surface area contributed by atoms with Gasteiger partial charge in [-0.3, -0.25) is 0 Å². The minimum atomic E-state index is 0. The van der Waals surface area contributed by atoms with E-state index in [4.69, 9.17) is 9.97 Å². The van der Waals surface area contributed by atoms with Crippen LogP contribution in [0.1, 0.15) is 58.1 Å². The Morgan fingerprint density at radius 1 is 0.892 bits per heavy atom. The molecule has 1 saturated carbocycles. The Labute approximate surface area is 225 Å². The second kappa shape index (κ2) is 12.4. The van der Waals surface area contributed by atoms with Crippen molar-refractivity contribution >= 4 is 35.3 Å². The molecule has 4 aromatic rings. The van der Waals surface area contributed by atoms with Crippen molar-refractivity contribution in [3.63, 3.8) is 0 Å². The number of rotatable bonds is 9. The molecule has 1 aliphatic rings. The lowest BCUT2D eigenvalue weighted by atomic mass is 9.91. The smallest absolute Gasteiger partial charge is 0.227 e. The van der Waals surface area contributed by atoms with Gasteiger partial charge in [0.05, 0.1) is 6.33 Å². The van der Waals surface area contributed by atoms with Crippen LogP contribution >= 0.6 is 12.4 Å². The fourth-order valence-electron chi connectivity index (χ4n) is 5.03. The van der Waals surface area contributed by atoms with Crippen LogP contribution in [0.3, 0.4) is 0 Å². The van der Waals surface area contributed by atoms with E-state index in [0.717, 1.165) is 36.4 Å². The van der Waals surface area contributed by atoms with Gasteiger partial charge in [0.1, 0.15) is 0 Å². The predicted octanol–water partition coefficient (Wildman–Crippen LogP) is 6.44. The van der Waals surface area contributed by atoms with Crippen LogP contribution in [0, 0.1) is 0 Å². The summed E-state index contributed by atoms with van der Waals surface area (Å²) >= 11 is 0. The molecule has 0 spiro atoms. The lowest BCUT2D eigenvalue weighted by Crippen LogP contribution is -2.37. The Hall–Kier alpha value is -3.16. The van der Waals surface area contributed by atoms with Crippen LogP contribution in [0.5, 0.6) is 0 Å². The third-order valence-electron chi connectivity index (χ3n) is 7.05. The summed E-state index contributed by atoms with van der Waals surface area (Å²) in [6.07, 6.45) is 6.48. The van der Waals surface area contributed by atoms with Gasteiger partial charge in [-0.15, -0.1) is 12.4 Å². The van der Waals surface area contributed by atoms with Crippen LogP contribution in [0.15, 0.2) is 60.9 Å². The Morgan fingerprint density at radius 3 is 2.24 bits per heavy atom. The normalized spacial score (nSPS) is 17.5. The Kier molecular flexibility index (Phi) is 9.00. The van der Waals surface area contributed by atoms with Crippen molar-refractivity contribution in [3.05, 3.63) is 66.5 Å². The monoisotopic (exact) mass is 519 g/mol. The second-order valence-electron chi connectivity index (χ2n) is 9.98. The maximum absolute atomic E-state index is 4.89. The van der Waals surface area contributed by atoms with Crippen LogP contribution in [0.4, 0.5) is 11.8 Å². The molecule has 0 amide bonds. The van der Waals surface area contributed by atoms with E-state index in [-0.39, 0.29) is 18.4 Å². The maximum atomic E-state index is 4.89. The van der Waals surface area contributed by atoms with Gasteiger partial charge in [0.15, 0.2) is 17.0 Å². The van der Waals surface area contributed by atoms with Gasteiger partial charge < -0.3 is 20.5 Å². The Balaban J connectivity index is 0.00000320. The van der Waals surface area contributed by atoms with Crippen LogP contribution in [0.2, 0.25) is 0 Å². The van der Waals surface area contributed by atoms with Gasteiger partial charge in [-0.2, -0.15) is 9.97 Å². The van der Waals surface area contributed by atoms with Crippen molar-refractivity contribution < 1.29 is 0 Å². The number of benzene rings is 2. The topological polar surface area (TPSA) is 79.7 Å². The standard InChI is InChI=1S/C29H37N7.ClH/c1-4-30-24-14-16-25(17-15-24)33-29-34-27(26-28(35-29)36(19-32-26)20(2)3)31-18-21-10-12-23(13-11-21)22-8-6-5-7-9-22;/h5-13,19-20,24-25,30H,4,14-18H2,1-3H3,(H2,31,33,34,35);1H. The van der Waals surface area contributed by atoms with E-state index in [0.29, 0.717) is 24.6 Å². The highest BCUT2D eigenvalue weighted by atomic mass is 35.5. The largest absolute Gasteiger partial charge is 0.364 e. The third kappa shape index (κ3) is 6.40. The maximum Gasteiger partial charge on any atom is 0.227 e. The minimum Gasteiger partial charge on any atom is -0.364 e. The fourth-order valence-corrected chi connectivity index (χ4v) is 5.03. The number of aromatic nitrogens is 4. The zero-order chi connectivity index (χ0) is 24.9. The van der Waals surface area contributed by atoms with Gasteiger partial charge in [-0.05, 0) is 62.8 Å². The zero-order valence-electron chi connectivity index (χ0n) is 21.9. The van der Waals surface area contributed by atoms with Gasteiger partial charge in [0.25, 0.3) is 0 Å². The molecule has 2 heterocycles. The van der Waals surface area contributed by atoms with Crippen molar-refractivity contribution in [1.82, 2.24) is 24.8 Å². The van der Waals surface area contributed by atoms with E-state index in [2.05, 4.69) is 94.8 Å². The van der Waals surface area contributed by atoms with Crippen molar-refractivity contribution in [2.45, 2.75) is 71.1 Å². The average molecular weight is 520 g/mol. The molecular weight excluding hydrogens is 482 g/mol. The van der Waals surface area contributed by atoms with Gasteiger partial charge in [0, 0.05) is 24.7 Å². The first kappa shape index (κ1) is 26.9. The molecule has 0 atom stereocenters. The molecule has 3 N–H and O–H groups in total. The summed E-state index contributed by atoms with van der Waals surface area (Å²) in [6, 6.07) is 20.4. The van der Waals surface area contributed by atoms with Crippen molar-refractivity contribution in [3.8, 4) is 11.1 Å². The summed E-state index contributed by atoms with van der Waals surface area (Å²) in [5, 5.41) is 10.7. The van der Waals surface area contributed by atoms with Crippen molar-refractivity contribution in [2.24, 2.45) is 0 Å². The van der Waals surface area contributed by atoms with E-state index < -0.39 is 0 Å². The highest BCUT2D eigenvalue weighted by Crippen LogP contribution is 2.27. The lowest BCUT2D eigenvalue weighted by molar-refractivity contribution is 0.359.